The summed E-state index contributed by atoms with van der Waals surface area (Å²) in [6, 6.07) is 0. The highest BCUT2D eigenvalue weighted by atomic mass is 16.1. The third kappa shape index (κ3) is 1.15. The van der Waals surface area contributed by atoms with E-state index < -0.39 is 0 Å². The molecule has 0 aromatic rings. The van der Waals surface area contributed by atoms with Crippen LogP contribution in [-0.4, -0.2) is 5.78 Å². The first kappa shape index (κ1) is 10.8. The monoisotopic (exact) mass is 220 g/mol. The van der Waals surface area contributed by atoms with Crippen LogP contribution in [0.15, 0.2) is 0 Å². The van der Waals surface area contributed by atoms with Crippen LogP contribution in [0.4, 0.5) is 0 Å². The first-order valence-corrected chi connectivity index (χ1v) is 6.89. The molecule has 4 aliphatic carbocycles. The van der Waals surface area contributed by atoms with Crippen molar-refractivity contribution in [2.45, 2.75) is 53.4 Å². The molecule has 90 valence electrons. The lowest BCUT2D eigenvalue weighted by molar-refractivity contribution is -0.147. The minimum absolute atomic E-state index is 0.0395. The van der Waals surface area contributed by atoms with Gasteiger partial charge in [-0.15, -0.1) is 0 Å². The molecule has 4 fully saturated rings. The van der Waals surface area contributed by atoms with Crippen LogP contribution in [-0.2, 0) is 4.79 Å². The highest BCUT2D eigenvalue weighted by molar-refractivity contribution is 5.87. The van der Waals surface area contributed by atoms with Gasteiger partial charge >= 0.3 is 0 Å². The van der Waals surface area contributed by atoms with Crippen LogP contribution in [0.5, 0.6) is 0 Å². The topological polar surface area (TPSA) is 17.1 Å². The summed E-state index contributed by atoms with van der Waals surface area (Å²) >= 11 is 0. The highest BCUT2D eigenvalue weighted by Gasteiger charge is 2.64. The molecule has 0 N–H and O–H groups in total. The summed E-state index contributed by atoms with van der Waals surface area (Å²) in [5.41, 5.74) is 0.526. The van der Waals surface area contributed by atoms with Gasteiger partial charge in [-0.25, -0.2) is 0 Å². The van der Waals surface area contributed by atoms with Crippen LogP contribution in [0.3, 0.4) is 0 Å². The van der Waals surface area contributed by atoms with Crippen LogP contribution in [0.2, 0.25) is 0 Å². The Balaban J connectivity index is 2.00. The Bertz CT molecular complexity index is 345. The van der Waals surface area contributed by atoms with Crippen LogP contribution >= 0.6 is 0 Å². The molecule has 0 aliphatic heterocycles. The zero-order valence-electron chi connectivity index (χ0n) is 11.0. The maximum atomic E-state index is 12.1. The molecule has 0 amide bonds. The van der Waals surface area contributed by atoms with Crippen molar-refractivity contribution in [3.63, 3.8) is 0 Å². The van der Waals surface area contributed by atoms with Gasteiger partial charge in [0.2, 0.25) is 0 Å². The Hall–Kier alpha value is -0.330. The van der Waals surface area contributed by atoms with E-state index in [1.54, 1.807) is 0 Å². The van der Waals surface area contributed by atoms with Crippen molar-refractivity contribution in [3.05, 3.63) is 0 Å². The number of ketones is 1. The molecule has 0 aromatic heterocycles. The fraction of sp³-hybridized carbons (Fsp3) is 0.933. The molecule has 1 nitrogen and oxygen atoms in total. The number of hydrogen-bond donors (Lipinski definition) is 0. The third-order valence-corrected chi connectivity index (χ3v) is 6.08. The van der Waals surface area contributed by atoms with E-state index in [1.807, 2.05) is 0 Å². The SMILES string of the molecule is CC(C)C1CC2(C)CC3(C)CC1C2CC3=O. The second kappa shape index (κ2) is 2.91. The number of fused-ring (bicyclic) bond motifs is 1. The molecule has 16 heavy (non-hydrogen) atoms. The summed E-state index contributed by atoms with van der Waals surface area (Å²) in [7, 11) is 0. The average Bonchev–Trinajstić information content (AvgIpc) is 2.37. The summed E-state index contributed by atoms with van der Waals surface area (Å²) in [5.74, 6) is 3.81. The van der Waals surface area contributed by atoms with E-state index in [2.05, 4.69) is 27.7 Å². The first-order valence-electron chi connectivity index (χ1n) is 6.89. The zero-order chi connectivity index (χ0) is 11.7. The number of rotatable bonds is 1. The Morgan fingerprint density at radius 1 is 1.25 bits per heavy atom. The van der Waals surface area contributed by atoms with Crippen LogP contribution in [0.1, 0.15) is 53.4 Å². The second-order valence-corrected chi connectivity index (χ2v) is 7.61. The predicted octanol–water partition coefficient (Wildman–Crippen LogP) is 3.67. The Morgan fingerprint density at radius 2 is 1.94 bits per heavy atom. The molecule has 4 rings (SSSR count). The maximum absolute atomic E-state index is 12.1. The fourth-order valence-electron chi connectivity index (χ4n) is 5.42. The highest BCUT2D eigenvalue weighted by Crippen LogP contribution is 2.69. The molecule has 0 aromatic carbocycles. The van der Waals surface area contributed by atoms with E-state index in [0.717, 1.165) is 24.2 Å². The van der Waals surface area contributed by atoms with E-state index >= 15 is 0 Å². The number of carbonyl (C=O) groups excluding carboxylic acids is 1. The van der Waals surface area contributed by atoms with Crippen molar-refractivity contribution in [3.8, 4) is 0 Å². The molecule has 0 radical (unpaired) electrons. The maximum Gasteiger partial charge on any atom is 0.139 e. The normalized spacial score (nSPS) is 55.1. The summed E-state index contributed by atoms with van der Waals surface area (Å²) in [4.78, 5) is 12.1. The fourth-order valence-corrected chi connectivity index (χ4v) is 5.42. The lowest BCUT2D eigenvalue weighted by Gasteiger charge is -2.53. The molecular weight excluding hydrogens is 196 g/mol. The van der Waals surface area contributed by atoms with Gasteiger partial charge < -0.3 is 0 Å². The van der Waals surface area contributed by atoms with E-state index in [0.29, 0.717) is 17.1 Å². The van der Waals surface area contributed by atoms with Gasteiger partial charge in [0.1, 0.15) is 5.78 Å². The molecule has 4 aliphatic rings. The largest absolute Gasteiger partial charge is 0.299 e. The van der Waals surface area contributed by atoms with Gasteiger partial charge in [-0.05, 0) is 48.3 Å². The van der Waals surface area contributed by atoms with Gasteiger partial charge in [-0.1, -0.05) is 27.7 Å². The van der Waals surface area contributed by atoms with Gasteiger partial charge in [-0.3, -0.25) is 4.79 Å². The molecular formula is C15H24O. The van der Waals surface area contributed by atoms with Gasteiger partial charge in [0, 0.05) is 11.8 Å². The van der Waals surface area contributed by atoms with Gasteiger partial charge in [0.15, 0.2) is 0 Å². The van der Waals surface area contributed by atoms with Gasteiger partial charge in [-0.2, -0.15) is 0 Å². The summed E-state index contributed by atoms with van der Waals surface area (Å²) in [6.45, 7) is 9.43. The lowest BCUT2D eigenvalue weighted by atomic mass is 9.50. The van der Waals surface area contributed by atoms with Crippen molar-refractivity contribution in [2.75, 3.05) is 0 Å². The van der Waals surface area contributed by atoms with E-state index in [1.165, 1.54) is 19.3 Å². The number of Topliss-reactive ketones (excluding diaryl/α,β-unsaturated/α-hetero) is 1. The summed E-state index contributed by atoms with van der Waals surface area (Å²) in [5, 5.41) is 0. The minimum Gasteiger partial charge on any atom is -0.299 e. The summed E-state index contributed by atoms with van der Waals surface area (Å²) < 4.78 is 0. The van der Waals surface area contributed by atoms with Crippen LogP contribution in [0.25, 0.3) is 0 Å². The molecule has 5 atom stereocenters. The first-order chi connectivity index (χ1) is 7.36. The van der Waals surface area contributed by atoms with Crippen LogP contribution < -0.4 is 0 Å². The van der Waals surface area contributed by atoms with Crippen molar-refractivity contribution >= 4 is 5.78 Å². The van der Waals surface area contributed by atoms with Crippen molar-refractivity contribution in [1.29, 1.82) is 0 Å². The van der Waals surface area contributed by atoms with Crippen molar-refractivity contribution in [2.24, 2.45) is 34.5 Å². The third-order valence-electron chi connectivity index (χ3n) is 6.08. The molecule has 4 saturated carbocycles. The minimum atomic E-state index is 0.0395. The Labute approximate surface area is 99.0 Å². The molecule has 1 heteroatoms. The summed E-state index contributed by atoms with van der Waals surface area (Å²) in [6.07, 6.45) is 4.63. The average molecular weight is 220 g/mol. The number of carbonyl (C=O) groups is 1. The standard InChI is InChI=1S/C15H24O/c1-9(2)10-6-14(3)8-15(4)7-11(10)12(14)5-13(15)16/h9-12H,5-8H2,1-4H3. The van der Waals surface area contributed by atoms with Crippen molar-refractivity contribution < 1.29 is 4.79 Å². The van der Waals surface area contributed by atoms with Crippen molar-refractivity contribution in [1.82, 2.24) is 0 Å². The molecule has 5 unspecified atom stereocenters. The predicted molar refractivity (Wildman–Crippen MR) is 65.0 cm³/mol. The number of hydrogen-bond acceptors (Lipinski definition) is 1. The van der Waals surface area contributed by atoms with Gasteiger partial charge in [0.25, 0.3) is 0 Å². The second-order valence-electron chi connectivity index (χ2n) is 7.61. The zero-order valence-corrected chi connectivity index (χ0v) is 11.0. The van der Waals surface area contributed by atoms with E-state index in [-0.39, 0.29) is 5.41 Å². The molecule has 4 bridgehead atoms. The van der Waals surface area contributed by atoms with E-state index in [9.17, 15) is 4.79 Å². The lowest BCUT2D eigenvalue weighted by Crippen LogP contribution is -2.51. The molecule has 0 saturated heterocycles. The Morgan fingerprint density at radius 3 is 2.50 bits per heavy atom. The van der Waals surface area contributed by atoms with E-state index in [4.69, 9.17) is 0 Å². The van der Waals surface area contributed by atoms with Crippen LogP contribution in [0, 0.1) is 34.5 Å². The smallest absolute Gasteiger partial charge is 0.139 e. The molecule has 0 heterocycles. The van der Waals surface area contributed by atoms with Gasteiger partial charge in [0.05, 0.1) is 0 Å². The quantitative estimate of drug-likeness (QED) is 0.659. The molecule has 0 spiro atoms. The Kier molecular flexibility index (Phi) is 1.97.